The first-order valence-corrected chi connectivity index (χ1v) is 16.5. The largest absolute Gasteiger partial charge is 0.477 e. The van der Waals surface area contributed by atoms with Crippen LogP contribution in [0.5, 0.6) is 5.75 Å². The SMILES string of the molecule is Cc1ccc(CN(CC(=O)N2C[C@@H](C(=O)NCCc3ccccc3)Oc3ccccc32)S(=O)(=O)c2c(C)cc(C)cc2C)cc1. The summed E-state index contributed by atoms with van der Waals surface area (Å²) in [5.74, 6) is -0.405. The molecule has 5 rings (SSSR count). The molecule has 0 spiro atoms. The Kier molecular flexibility index (Phi) is 9.70. The Bertz CT molecular complexity index is 1770. The summed E-state index contributed by atoms with van der Waals surface area (Å²) in [5.41, 5.74) is 5.60. The number of carbonyl (C=O) groups is 2. The fraction of sp³-hybridized carbons (Fsp3) is 0.278. The Labute approximate surface area is 265 Å². The van der Waals surface area contributed by atoms with E-state index in [4.69, 9.17) is 4.74 Å². The highest BCUT2D eigenvalue weighted by Gasteiger charge is 2.37. The molecule has 1 heterocycles. The topological polar surface area (TPSA) is 96.0 Å². The maximum absolute atomic E-state index is 14.3. The van der Waals surface area contributed by atoms with Crippen LogP contribution in [0.15, 0.2) is 95.9 Å². The molecule has 45 heavy (non-hydrogen) atoms. The van der Waals surface area contributed by atoms with Gasteiger partial charge in [-0.3, -0.25) is 9.59 Å². The van der Waals surface area contributed by atoms with Crippen LogP contribution in [-0.2, 0) is 32.6 Å². The van der Waals surface area contributed by atoms with Crippen LogP contribution in [0.2, 0.25) is 0 Å². The van der Waals surface area contributed by atoms with Gasteiger partial charge in [-0.15, -0.1) is 0 Å². The van der Waals surface area contributed by atoms with E-state index < -0.39 is 28.6 Å². The van der Waals surface area contributed by atoms with E-state index in [-0.39, 0.29) is 23.9 Å². The van der Waals surface area contributed by atoms with Crippen molar-refractivity contribution in [1.29, 1.82) is 0 Å². The highest BCUT2D eigenvalue weighted by atomic mass is 32.2. The van der Waals surface area contributed by atoms with E-state index in [1.165, 1.54) is 9.21 Å². The van der Waals surface area contributed by atoms with Crippen LogP contribution < -0.4 is 15.0 Å². The van der Waals surface area contributed by atoms with E-state index in [9.17, 15) is 18.0 Å². The average Bonchev–Trinajstić information content (AvgIpc) is 3.01. The van der Waals surface area contributed by atoms with Crippen molar-refractivity contribution in [2.75, 3.05) is 24.5 Å². The Morgan fingerprint density at radius 2 is 1.49 bits per heavy atom. The van der Waals surface area contributed by atoms with Crippen molar-refractivity contribution >= 4 is 27.5 Å². The van der Waals surface area contributed by atoms with E-state index in [0.717, 1.165) is 22.3 Å². The molecule has 0 saturated heterocycles. The zero-order valence-electron chi connectivity index (χ0n) is 26.1. The van der Waals surface area contributed by atoms with E-state index in [0.29, 0.717) is 35.5 Å². The second-order valence-corrected chi connectivity index (χ2v) is 13.5. The molecule has 0 saturated carbocycles. The Morgan fingerprint density at radius 1 is 0.844 bits per heavy atom. The molecule has 0 radical (unpaired) electrons. The molecule has 234 valence electrons. The number of ether oxygens (including phenoxy) is 1. The average molecular weight is 626 g/mol. The lowest BCUT2D eigenvalue weighted by Crippen LogP contribution is -2.53. The van der Waals surface area contributed by atoms with Crippen molar-refractivity contribution in [1.82, 2.24) is 9.62 Å². The number of hydrogen-bond acceptors (Lipinski definition) is 5. The molecular formula is C36H39N3O5S. The van der Waals surface area contributed by atoms with E-state index in [1.54, 1.807) is 38.1 Å². The number of aryl methyl sites for hydroxylation is 4. The number of carbonyl (C=O) groups excluding carboxylic acids is 2. The highest BCUT2D eigenvalue weighted by molar-refractivity contribution is 7.89. The Morgan fingerprint density at radius 3 is 2.18 bits per heavy atom. The van der Waals surface area contributed by atoms with Crippen molar-refractivity contribution in [2.45, 2.75) is 51.7 Å². The third kappa shape index (κ3) is 7.44. The number of benzene rings is 4. The molecule has 1 atom stereocenters. The fourth-order valence-electron chi connectivity index (χ4n) is 5.76. The smallest absolute Gasteiger partial charge is 0.262 e. The number of nitrogens with one attached hydrogen (secondary N) is 1. The number of hydrogen-bond donors (Lipinski definition) is 1. The van der Waals surface area contributed by atoms with Crippen molar-refractivity contribution in [3.05, 3.63) is 124 Å². The minimum Gasteiger partial charge on any atom is -0.477 e. The Balaban J connectivity index is 1.41. The van der Waals surface area contributed by atoms with Crippen LogP contribution in [0.25, 0.3) is 0 Å². The maximum Gasteiger partial charge on any atom is 0.262 e. The number of nitrogens with zero attached hydrogens (tertiary/aromatic N) is 2. The number of fused-ring (bicyclic) bond motifs is 1. The molecule has 0 bridgehead atoms. The van der Waals surface area contributed by atoms with Gasteiger partial charge in [-0.05, 0) is 68.5 Å². The van der Waals surface area contributed by atoms with Gasteiger partial charge in [0.2, 0.25) is 15.9 Å². The van der Waals surface area contributed by atoms with Gasteiger partial charge in [0, 0.05) is 13.1 Å². The van der Waals surface area contributed by atoms with E-state index in [1.807, 2.05) is 80.6 Å². The first-order valence-electron chi connectivity index (χ1n) is 15.0. The predicted octanol–water partition coefficient (Wildman–Crippen LogP) is 5.26. The molecule has 9 heteroatoms. The molecule has 1 N–H and O–H groups in total. The third-order valence-electron chi connectivity index (χ3n) is 7.92. The summed E-state index contributed by atoms with van der Waals surface area (Å²) in [5, 5.41) is 2.92. The minimum atomic E-state index is -4.09. The first-order chi connectivity index (χ1) is 21.5. The second kappa shape index (κ2) is 13.7. The third-order valence-corrected chi connectivity index (χ3v) is 10.0. The zero-order chi connectivity index (χ0) is 32.1. The second-order valence-electron chi connectivity index (χ2n) is 11.6. The molecule has 4 aromatic carbocycles. The predicted molar refractivity (Wildman–Crippen MR) is 176 cm³/mol. The van der Waals surface area contributed by atoms with Gasteiger partial charge in [-0.1, -0.05) is 90.0 Å². The summed E-state index contributed by atoms with van der Waals surface area (Å²) in [6.45, 7) is 7.40. The zero-order valence-corrected chi connectivity index (χ0v) is 26.9. The van der Waals surface area contributed by atoms with Crippen molar-refractivity contribution in [2.24, 2.45) is 0 Å². The van der Waals surface area contributed by atoms with Crippen LogP contribution in [0.4, 0.5) is 5.69 Å². The highest BCUT2D eigenvalue weighted by Crippen LogP contribution is 2.34. The van der Waals surface area contributed by atoms with Crippen LogP contribution in [-0.4, -0.2) is 50.3 Å². The summed E-state index contributed by atoms with van der Waals surface area (Å²) in [6, 6.07) is 28.1. The van der Waals surface area contributed by atoms with Crippen LogP contribution in [0.3, 0.4) is 0 Å². The van der Waals surface area contributed by atoms with Crippen molar-refractivity contribution < 1.29 is 22.7 Å². The summed E-state index contributed by atoms with van der Waals surface area (Å²) in [7, 11) is -4.09. The maximum atomic E-state index is 14.3. The number of para-hydroxylation sites is 2. The van der Waals surface area contributed by atoms with E-state index in [2.05, 4.69) is 5.32 Å². The summed E-state index contributed by atoms with van der Waals surface area (Å²) in [4.78, 5) is 29.0. The Hall–Kier alpha value is -4.47. The number of amides is 2. The molecule has 1 aliphatic heterocycles. The molecule has 2 amide bonds. The molecule has 0 aliphatic carbocycles. The minimum absolute atomic E-state index is 0.0104. The summed E-state index contributed by atoms with van der Waals surface area (Å²) < 4.78 is 35.9. The van der Waals surface area contributed by atoms with Crippen molar-refractivity contribution in [3.63, 3.8) is 0 Å². The van der Waals surface area contributed by atoms with Gasteiger partial charge in [-0.2, -0.15) is 4.31 Å². The van der Waals surface area contributed by atoms with Gasteiger partial charge in [0.15, 0.2) is 6.10 Å². The van der Waals surface area contributed by atoms with Gasteiger partial charge in [0.1, 0.15) is 5.75 Å². The van der Waals surface area contributed by atoms with Gasteiger partial charge in [0.05, 0.1) is 23.7 Å². The lowest BCUT2D eigenvalue weighted by Gasteiger charge is -2.35. The number of anilines is 1. The standard InChI is InChI=1S/C36H39N3O5S/c1-25-14-16-30(17-15-25)22-38(45(42,43)35-27(3)20-26(2)21-28(35)4)24-34(40)39-23-33(44-32-13-9-8-12-31(32)39)36(41)37-19-18-29-10-6-5-7-11-29/h5-17,20-21,33H,18-19,22-24H2,1-4H3,(H,37,41)/t33-/m0/s1. The lowest BCUT2D eigenvalue weighted by molar-refractivity contribution is -0.128. The molecule has 0 fully saturated rings. The number of sulfonamides is 1. The quantitative estimate of drug-likeness (QED) is 0.259. The summed E-state index contributed by atoms with van der Waals surface area (Å²) >= 11 is 0. The van der Waals surface area contributed by atoms with Gasteiger partial charge in [0.25, 0.3) is 5.91 Å². The molecule has 8 nitrogen and oxygen atoms in total. The molecule has 4 aromatic rings. The molecule has 1 aliphatic rings. The monoisotopic (exact) mass is 625 g/mol. The first kappa shape index (κ1) is 31.9. The van der Waals surface area contributed by atoms with Gasteiger partial charge >= 0.3 is 0 Å². The van der Waals surface area contributed by atoms with Gasteiger partial charge in [-0.25, -0.2) is 8.42 Å². The van der Waals surface area contributed by atoms with Crippen LogP contribution in [0, 0.1) is 27.7 Å². The van der Waals surface area contributed by atoms with Crippen molar-refractivity contribution in [3.8, 4) is 5.75 Å². The normalized spacial score (nSPS) is 14.5. The van der Waals surface area contributed by atoms with Crippen LogP contribution in [0.1, 0.15) is 33.4 Å². The van der Waals surface area contributed by atoms with E-state index >= 15 is 0 Å². The molecule has 0 aromatic heterocycles. The van der Waals surface area contributed by atoms with Crippen LogP contribution >= 0.6 is 0 Å². The fourth-order valence-corrected chi connectivity index (χ4v) is 7.55. The lowest BCUT2D eigenvalue weighted by atomic mass is 10.1. The number of rotatable bonds is 10. The van der Waals surface area contributed by atoms with Gasteiger partial charge < -0.3 is 15.0 Å². The molecular weight excluding hydrogens is 586 g/mol. The summed E-state index contributed by atoms with van der Waals surface area (Å²) in [6.07, 6.45) is -0.300. The molecule has 0 unspecified atom stereocenters.